The summed E-state index contributed by atoms with van der Waals surface area (Å²) < 4.78 is 24.1. The van der Waals surface area contributed by atoms with E-state index in [0.29, 0.717) is 11.0 Å². The van der Waals surface area contributed by atoms with Crippen molar-refractivity contribution in [2.75, 3.05) is 0 Å². The van der Waals surface area contributed by atoms with Crippen molar-refractivity contribution in [3.63, 3.8) is 0 Å². The van der Waals surface area contributed by atoms with Crippen LogP contribution in [0.2, 0.25) is 0 Å². The molecule has 0 atom stereocenters. The molecule has 0 unspecified atom stereocenters. The van der Waals surface area contributed by atoms with E-state index in [9.17, 15) is 8.42 Å². The van der Waals surface area contributed by atoms with Crippen LogP contribution >= 0.6 is 10.7 Å². The number of nitrogens with zero attached hydrogens (tertiary/aromatic N) is 2. The SMILES string of the molecule is Cn1cnc2cccc(S(=O)(=O)Cl)c21. The lowest BCUT2D eigenvalue weighted by Gasteiger charge is -2.00. The Morgan fingerprint density at radius 3 is 2.79 bits per heavy atom. The van der Waals surface area contributed by atoms with Crippen LogP contribution in [0.5, 0.6) is 0 Å². The van der Waals surface area contributed by atoms with Crippen molar-refractivity contribution in [1.82, 2.24) is 9.55 Å². The molecule has 0 aliphatic rings. The summed E-state index contributed by atoms with van der Waals surface area (Å²) >= 11 is 0. The number of hydrogen-bond donors (Lipinski definition) is 0. The third-order valence-corrected chi connectivity index (χ3v) is 3.32. The molecule has 1 heterocycles. The molecule has 1 aromatic heterocycles. The van der Waals surface area contributed by atoms with Gasteiger partial charge in [0.2, 0.25) is 0 Å². The van der Waals surface area contributed by atoms with E-state index in [1.165, 1.54) is 6.07 Å². The molecule has 2 rings (SSSR count). The molecule has 0 spiro atoms. The fraction of sp³-hybridized carbons (Fsp3) is 0.125. The largest absolute Gasteiger partial charge is 0.333 e. The number of para-hydroxylation sites is 1. The van der Waals surface area contributed by atoms with Gasteiger partial charge in [0.1, 0.15) is 4.90 Å². The minimum absolute atomic E-state index is 0.0941. The van der Waals surface area contributed by atoms with Crippen molar-refractivity contribution in [2.24, 2.45) is 7.05 Å². The lowest BCUT2D eigenvalue weighted by atomic mass is 10.3. The molecule has 0 aliphatic carbocycles. The monoisotopic (exact) mass is 230 g/mol. The first-order valence-electron chi connectivity index (χ1n) is 3.85. The molecular formula is C8H7ClN2O2S. The molecule has 2 aromatic rings. The van der Waals surface area contributed by atoms with Gasteiger partial charge in [0.05, 0.1) is 17.4 Å². The molecule has 0 radical (unpaired) electrons. The molecule has 74 valence electrons. The third kappa shape index (κ3) is 1.38. The Morgan fingerprint density at radius 2 is 2.14 bits per heavy atom. The molecule has 4 nitrogen and oxygen atoms in total. The summed E-state index contributed by atoms with van der Waals surface area (Å²) in [5.41, 5.74) is 1.15. The van der Waals surface area contributed by atoms with Crippen molar-refractivity contribution in [1.29, 1.82) is 0 Å². The maximum absolute atomic E-state index is 11.2. The summed E-state index contributed by atoms with van der Waals surface area (Å²) in [4.78, 5) is 4.13. The number of hydrogen-bond acceptors (Lipinski definition) is 3. The van der Waals surface area contributed by atoms with E-state index >= 15 is 0 Å². The molecule has 1 aromatic carbocycles. The predicted octanol–water partition coefficient (Wildman–Crippen LogP) is 1.50. The fourth-order valence-electron chi connectivity index (χ4n) is 1.37. The lowest BCUT2D eigenvalue weighted by Crippen LogP contribution is -1.95. The summed E-state index contributed by atoms with van der Waals surface area (Å²) in [7, 11) is 3.31. The topological polar surface area (TPSA) is 52.0 Å². The van der Waals surface area contributed by atoms with E-state index in [0.717, 1.165) is 0 Å². The Bertz CT molecular complexity index is 588. The number of halogens is 1. The first-order chi connectivity index (χ1) is 6.50. The number of rotatable bonds is 1. The van der Waals surface area contributed by atoms with Crippen molar-refractivity contribution in [3.8, 4) is 0 Å². The predicted molar refractivity (Wildman–Crippen MR) is 53.8 cm³/mol. The normalized spacial score (nSPS) is 12.1. The van der Waals surface area contributed by atoms with Gasteiger partial charge in [-0.25, -0.2) is 13.4 Å². The van der Waals surface area contributed by atoms with Crippen LogP contribution in [0.1, 0.15) is 0 Å². The van der Waals surface area contributed by atoms with Gasteiger partial charge in [-0.3, -0.25) is 0 Å². The van der Waals surface area contributed by atoms with Gasteiger partial charge in [-0.05, 0) is 12.1 Å². The lowest BCUT2D eigenvalue weighted by molar-refractivity contribution is 0.610. The van der Waals surface area contributed by atoms with Crippen LogP contribution in [0.15, 0.2) is 29.4 Å². The van der Waals surface area contributed by atoms with E-state index < -0.39 is 9.05 Å². The minimum Gasteiger partial charge on any atom is -0.333 e. The zero-order chi connectivity index (χ0) is 10.3. The Kier molecular flexibility index (Phi) is 2.01. The molecule has 0 aliphatic heterocycles. The van der Waals surface area contributed by atoms with Gasteiger partial charge in [0.15, 0.2) is 0 Å². The highest BCUT2D eigenvalue weighted by atomic mass is 35.7. The van der Waals surface area contributed by atoms with E-state index in [-0.39, 0.29) is 4.90 Å². The number of aryl methyl sites for hydroxylation is 1. The molecule has 0 saturated carbocycles. The average molecular weight is 231 g/mol. The van der Waals surface area contributed by atoms with Gasteiger partial charge in [0, 0.05) is 17.7 Å². The second-order valence-corrected chi connectivity index (χ2v) is 5.45. The van der Waals surface area contributed by atoms with Crippen molar-refractivity contribution in [3.05, 3.63) is 24.5 Å². The summed E-state index contributed by atoms with van der Waals surface area (Å²) in [5.74, 6) is 0. The first kappa shape index (κ1) is 9.48. The summed E-state index contributed by atoms with van der Waals surface area (Å²) in [6.45, 7) is 0. The van der Waals surface area contributed by atoms with E-state index in [1.807, 2.05) is 0 Å². The van der Waals surface area contributed by atoms with Crippen molar-refractivity contribution in [2.45, 2.75) is 4.90 Å². The van der Waals surface area contributed by atoms with Gasteiger partial charge < -0.3 is 4.57 Å². The highest BCUT2D eigenvalue weighted by Gasteiger charge is 2.16. The smallest absolute Gasteiger partial charge is 0.263 e. The fourth-order valence-corrected chi connectivity index (χ4v) is 2.47. The summed E-state index contributed by atoms with van der Waals surface area (Å²) in [5, 5.41) is 0. The second-order valence-electron chi connectivity index (χ2n) is 2.92. The van der Waals surface area contributed by atoms with Gasteiger partial charge in [-0.1, -0.05) is 6.07 Å². The molecule has 14 heavy (non-hydrogen) atoms. The van der Waals surface area contributed by atoms with Crippen molar-refractivity contribution >= 4 is 30.8 Å². The maximum atomic E-state index is 11.2. The number of benzene rings is 1. The number of aromatic nitrogens is 2. The zero-order valence-corrected chi connectivity index (χ0v) is 8.88. The molecule has 6 heteroatoms. The van der Waals surface area contributed by atoms with Crippen molar-refractivity contribution < 1.29 is 8.42 Å². The van der Waals surface area contributed by atoms with E-state index in [1.54, 1.807) is 30.1 Å². The van der Waals surface area contributed by atoms with Gasteiger partial charge in [-0.15, -0.1) is 0 Å². The summed E-state index contributed by atoms with van der Waals surface area (Å²) in [6, 6.07) is 4.82. The van der Waals surface area contributed by atoms with Gasteiger partial charge >= 0.3 is 0 Å². The zero-order valence-electron chi connectivity index (χ0n) is 7.31. The van der Waals surface area contributed by atoms with E-state index in [2.05, 4.69) is 4.98 Å². The van der Waals surface area contributed by atoms with Crippen LogP contribution in [0.25, 0.3) is 11.0 Å². The maximum Gasteiger partial charge on any atom is 0.263 e. The Labute approximate surface area is 85.5 Å². The van der Waals surface area contributed by atoms with Crippen LogP contribution in [-0.4, -0.2) is 18.0 Å². The number of imidazole rings is 1. The summed E-state index contributed by atoms with van der Waals surface area (Å²) in [6.07, 6.45) is 1.55. The Hall–Kier alpha value is -1.07. The second kappa shape index (κ2) is 2.96. The molecule has 0 saturated heterocycles. The van der Waals surface area contributed by atoms with Crippen LogP contribution in [-0.2, 0) is 16.1 Å². The molecular weight excluding hydrogens is 224 g/mol. The highest BCUT2D eigenvalue weighted by Crippen LogP contribution is 2.24. The Balaban J connectivity index is 2.96. The molecule has 0 bridgehead atoms. The Morgan fingerprint density at radius 1 is 1.43 bits per heavy atom. The molecule has 0 fully saturated rings. The quantitative estimate of drug-likeness (QED) is 0.698. The standard InChI is InChI=1S/C8H7ClN2O2S/c1-11-5-10-6-3-2-4-7(8(6)11)14(9,12)13/h2-5H,1H3. The molecule has 0 N–H and O–H groups in total. The molecule has 0 amide bonds. The first-order valence-corrected chi connectivity index (χ1v) is 6.16. The van der Waals surface area contributed by atoms with Crippen LogP contribution in [0, 0.1) is 0 Å². The van der Waals surface area contributed by atoms with Gasteiger partial charge in [-0.2, -0.15) is 0 Å². The van der Waals surface area contributed by atoms with Gasteiger partial charge in [0.25, 0.3) is 9.05 Å². The van der Waals surface area contributed by atoms with Crippen LogP contribution < -0.4 is 0 Å². The third-order valence-electron chi connectivity index (χ3n) is 1.96. The van der Waals surface area contributed by atoms with Crippen LogP contribution in [0.4, 0.5) is 0 Å². The average Bonchev–Trinajstić information content (AvgIpc) is 2.46. The number of fused-ring (bicyclic) bond motifs is 1. The van der Waals surface area contributed by atoms with E-state index in [4.69, 9.17) is 10.7 Å². The highest BCUT2D eigenvalue weighted by molar-refractivity contribution is 8.14. The minimum atomic E-state index is -3.71. The van der Waals surface area contributed by atoms with Crippen LogP contribution in [0.3, 0.4) is 0 Å².